The van der Waals surface area contributed by atoms with Crippen LogP contribution < -0.4 is 5.32 Å². The molecule has 6 nitrogen and oxygen atoms in total. The molecule has 0 aliphatic rings. The summed E-state index contributed by atoms with van der Waals surface area (Å²) >= 11 is 3.39. The number of nitrogens with zero attached hydrogens (tertiary/aromatic N) is 2. The minimum atomic E-state index is -0.316. The Labute approximate surface area is 149 Å². The first-order chi connectivity index (χ1) is 11.4. The van der Waals surface area contributed by atoms with E-state index in [2.05, 4.69) is 26.4 Å². The largest absolute Gasteiger partial charge is 0.360 e. The Morgan fingerprint density at radius 3 is 2.67 bits per heavy atom. The van der Waals surface area contributed by atoms with Crippen LogP contribution in [0.1, 0.15) is 36.4 Å². The Kier molecular flexibility index (Phi) is 6.14. The highest BCUT2D eigenvalue weighted by Crippen LogP contribution is 2.20. The molecule has 0 fully saturated rings. The molecule has 1 aromatic carbocycles. The van der Waals surface area contributed by atoms with Gasteiger partial charge < -0.3 is 14.7 Å². The molecule has 2 amide bonds. The number of rotatable bonds is 6. The van der Waals surface area contributed by atoms with Crippen LogP contribution in [-0.4, -0.2) is 34.5 Å². The fraction of sp³-hybridized carbons (Fsp3) is 0.353. The molecule has 128 valence electrons. The minimum absolute atomic E-state index is 0.0545. The molecule has 1 aromatic heterocycles. The van der Waals surface area contributed by atoms with Gasteiger partial charge in [0.25, 0.3) is 5.91 Å². The van der Waals surface area contributed by atoms with Crippen LogP contribution in [-0.2, 0) is 4.79 Å². The van der Waals surface area contributed by atoms with Crippen LogP contribution in [0.3, 0.4) is 0 Å². The minimum Gasteiger partial charge on any atom is -0.360 e. The predicted molar refractivity (Wildman–Crippen MR) is 94.8 cm³/mol. The third-order valence-electron chi connectivity index (χ3n) is 3.70. The van der Waals surface area contributed by atoms with E-state index in [4.69, 9.17) is 4.52 Å². The van der Waals surface area contributed by atoms with Gasteiger partial charge in [0, 0.05) is 16.6 Å². The summed E-state index contributed by atoms with van der Waals surface area (Å²) in [7, 11) is 0. The fourth-order valence-electron chi connectivity index (χ4n) is 2.20. The number of hydrogen-bond acceptors (Lipinski definition) is 4. The normalized spacial score (nSPS) is 11.8. The highest BCUT2D eigenvalue weighted by Gasteiger charge is 2.24. The molecule has 24 heavy (non-hydrogen) atoms. The Morgan fingerprint density at radius 1 is 1.38 bits per heavy atom. The van der Waals surface area contributed by atoms with E-state index in [1.807, 2.05) is 19.9 Å². The molecule has 1 N–H and O–H groups in total. The number of anilines is 1. The number of aryl methyl sites for hydroxylation is 1. The lowest BCUT2D eigenvalue weighted by Crippen LogP contribution is -2.43. The van der Waals surface area contributed by atoms with E-state index in [0.29, 0.717) is 21.6 Å². The van der Waals surface area contributed by atoms with Crippen LogP contribution in [0, 0.1) is 6.92 Å². The maximum absolute atomic E-state index is 12.8. The number of benzene rings is 1. The van der Waals surface area contributed by atoms with Crippen LogP contribution in [0.4, 0.5) is 5.82 Å². The van der Waals surface area contributed by atoms with Gasteiger partial charge in [-0.2, -0.15) is 0 Å². The van der Waals surface area contributed by atoms with E-state index in [9.17, 15) is 9.59 Å². The Bertz CT molecular complexity index is 729. The summed E-state index contributed by atoms with van der Waals surface area (Å²) < 4.78 is 5.62. The molecule has 2 rings (SSSR count). The van der Waals surface area contributed by atoms with Crippen molar-refractivity contribution in [2.75, 3.05) is 11.9 Å². The smallest absolute Gasteiger partial charge is 0.255 e. The topological polar surface area (TPSA) is 75.4 Å². The van der Waals surface area contributed by atoms with Crippen LogP contribution in [0.5, 0.6) is 0 Å². The zero-order valence-electron chi connectivity index (χ0n) is 13.9. The van der Waals surface area contributed by atoms with E-state index in [0.717, 1.165) is 6.42 Å². The van der Waals surface area contributed by atoms with Crippen molar-refractivity contribution in [2.45, 2.75) is 33.2 Å². The van der Waals surface area contributed by atoms with Crippen molar-refractivity contribution in [1.29, 1.82) is 0 Å². The van der Waals surface area contributed by atoms with Crippen molar-refractivity contribution in [3.63, 3.8) is 0 Å². The molecular weight excluding hydrogens is 374 g/mol. The van der Waals surface area contributed by atoms with Crippen molar-refractivity contribution < 1.29 is 14.1 Å². The van der Waals surface area contributed by atoms with E-state index in [1.54, 1.807) is 36.1 Å². The van der Waals surface area contributed by atoms with Gasteiger partial charge in [-0.15, -0.1) is 0 Å². The molecule has 1 heterocycles. The van der Waals surface area contributed by atoms with E-state index in [1.165, 1.54) is 0 Å². The summed E-state index contributed by atoms with van der Waals surface area (Å²) in [6.45, 7) is 5.58. The quantitative estimate of drug-likeness (QED) is 0.812. The Balaban J connectivity index is 2.15. The number of carbonyl (C=O) groups excluding carboxylic acids is 2. The average Bonchev–Trinajstić information content (AvgIpc) is 2.96. The molecule has 7 heteroatoms. The van der Waals surface area contributed by atoms with Gasteiger partial charge >= 0.3 is 0 Å². The first kappa shape index (κ1) is 18.2. The second-order valence-electron chi connectivity index (χ2n) is 5.54. The molecule has 0 saturated heterocycles. The lowest BCUT2D eigenvalue weighted by Gasteiger charge is -2.28. The Morgan fingerprint density at radius 2 is 2.08 bits per heavy atom. The number of hydrogen-bond donors (Lipinski definition) is 1. The number of nitrogens with one attached hydrogen (secondary N) is 1. The molecule has 0 radical (unpaired) electrons. The van der Waals surface area contributed by atoms with Gasteiger partial charge in [-0.05, 0) is 48.3 Å². The van der Waals surface area contributed by atoms with Crippen molar-refractivity contribution >= 4 is 33.6 Å². The predicted octanol–water partition coefficient (Wildman–Crippen LogP) is 3.62. The Hall–Kier alpha value is -2.15. The standard InChI is InChI=1S/C17H20BrN3O3/c1-4-11(2)21(17(23)13-7-5-6-8-14(13)18)10-16(22)19-15-9-12(3)24-20-15/h5-9,11H,4,10H2,1-3H3,(H,19,20,22)/t11-/m0/s1. The fourth-order valence-corrected chi connectivity index (χ4v) is 2.65. The summed E-state index contributed by atoms with van der Waals surface area (Å²) in [4.78, 5) is 26.7. The molecule has 0 spiro atoms. The maximum Gasteiger partial charge on any atom is 0.255 e. The van der Waals surface area contributed by atoms with Crippen molar-refractivity contribution in [2.24, 2.45) is 0 Å². The second-order valence-corrected chi connectivity index (χ2v) is 6.40. The second kappa shape index (κ2) is 8.10. The molecule has 0 saturated carbocycles. The van der Waals surface area contributed by atoms with E-state index < -0.39 is 0 Å². The van der Waals surface area contributed by atoms with Crippen molar-refractivity contribution in [3.8, 4) is 0 Å². The molecule has 0 bridgehead atoms. The van der Waals surface area contributed by atoms with Gasteiger partial charge in [0.2, 0.25) is 5.91 Å². The highest BCUT2D eigenvalue weighted by molar-refractivity contribution is 9.10. The molecule has 2 aromatic rings. The zero-order valence-corrected chi connectivity index (χ0v) is 15.5. The van der Waals surface area contributed by atoms with Crippen LogP contribution in [0.2, 0.25) is 0 Å². The molecule has 0 aliphatic heterocycles. The SMILES string of the molecule is CC[C@H](C)N(CC(=O)Nc1cc(C)on1)C(=O)c1ccccc1Br. The van der Waals surface area contributed by atoms with Gasteiger partial charge in [-0.25, -0.2) is 0 Å². The maximum atomic E-state index is 12.8. The number of aromatic nitrogens is 1. The van der Waals surface area contributed by atoms with Gasteiger partial charge in [-0.3, -0.25) is 9.59 Å². The zero-order chi connectivity index (χ0) is 17.7. The average molecular weight is 394 g/mol. The van der Waals surface area contributed by atoms with Crippen LogP contribution >= 0.6 is 15.9 Å². The summed E-state index contributed by atoms with van der Waals surface area (Å²) in [5, 5.41) is 6.37. The highest BCUT2D eigenvalue weighted by atomic mass is 79.9. The van der Waals surface area contributed by atoms with Crippen LogP contribution in [0.15, 0.2) is 39.3 Å². The number of amides is 2. The van der Waals surface area contributed by atoms with Crippen LogP contribution in [0.25, 0.3) is 0 Å². The van der Waals surface area contributed by atoms with Crippen molar-refractivity contribution in [1.82, 2.24) is 10.1 Å². The molecular formula is C17H20BrN3O3. The van der Waals surface area contributed by atoms with Gasteiger partial charge in [-0.1, -0.05) is 24.2 Å². The monoisotopic (exact) mass is 393 g/mol. The van der Waals surface area contributed by atoms with E-state index >= 15 is 0 Å². The lowest BCUT2D eigenvalue weighted by molar-refractivity contribution is -0.117. The molecule has 0 aliphatic carbocycles. The third kappa shape index (κ3) is 4.44. The lowest BCUT2D eigenvalue weighted by atomic mass is 10.1. The van der Waals surface area contributed by atoms with Gasteiger partial charge in [0.15, 0.2) is 5.82 Å². The van der Waals surface area contributed by atoms with Gasteiger partial charge in [0.1, 0.15) is 12.3 Å². The number of halogens is 1. The summed E-state index contributed by atoms with van der Waals surface area (Å²) in [6, 6.07) is 8.73. The van der Waals surface area contributed by atoms with Gasteiger partial charge in [0.05, 0.1) is 5.56 Å². The summed E-state index contributed by atoms with van der Waals surface area (Å²) in [5.74, 6) is 0.440. The summed E-state index contributed by atoms with van der Waals surface area (Å²) in [5.41, 5.74) is 0.530. The molecule has 0 unspecified atom stereocenters. The third-order valence-corrected chi connectivity index (χ3v) is 4.39. The summed E-state index contributed by atoms with van der Waals surface area (Å²) in [6.07, 6.45) is 0.743. The first-order valence-electron chi connectivity index (χ1n) is 7.71. The first-order valence-corrected chi connectivity index (χ1v) is 8.50. The van der Waals surface area contributed by atoms with E-state index in [-0.39, 0.29) is 24.4 Å². The molecule has 1 atom stereocenters. The van der Waals surface area contributed by atoms with Crippen molar-refractivity contribution in [3.05, 3.63) is 46.1 Å². The number of carbonyl (C=O) groups is 2.